The predicted molar refractivity (Wildman–Crippen MR) is 66.7 cm³/mol. The van der Waals surface area contributed by atoms with Crippen LogP contribution in [0, 0.1) is 0 Å². The van der Waals surface area contributed by atoms with Crippen LogP contribution in [0.25, 0.3) is 5.57 Å². The molecular formula is C13H17N3O. The number of hydrogen-bond donors (Lipinski definition) is 0. The maximum Gasteiger partial charge on any atom is 0.182 e. The molecule has 0 aromatic carbocycles. The van der Waals surface area contributed by atoms with Gasteiger partial charge in [0.15, 0.2) is 11.5 Å². The van der Waals surface area contributed by atoms with Crippen LogP contribution in [0.1, 0.15) is 48.8 Å². The maximum absolute atomic E-state index is 11.6. The predicted octanol–water partition coefficient (Wildman–Crippen LogP) is 2.62. The first-order chi connectivity index (χ1) is 8.22. The van der Waals surface area contributed by atoms with E-state index < -0.39 is 0 Å². The van der Waals surface area contributed by atoms with Crippen molar-refractivity contribution in [1.29, 1.82) is 0 Å². The summed E-state index contributed by atoms with van der Waals surface area (Å²) in [6, 6.07) is 0. The highest BCUT2D eigenvalue weighted by molar-refractivity contribution is 5.96. The standard InChI is InChI=1S/C13H17N3O/c1-3-9-16-14-12(10(2)17)13(15-16)11-7-5-4-6-8-11/h3,7H,1,4-6,8-9H2,2H3. The fourth-order valence-electron chi connectivity index (χ4n) is 2.05. The Morgan fingerprint density at radius 3 is 2.94 bits per heavy atom. The van der Waals surface area contributed by atoms with Crippen molar-refractivity contribution in [3.05, 3.63) is 30.1 Å². The summed E-state index contributed by atoms with van der Waals surface area (Å²) in [5.41, 5.74) is 2.41. The third kappa shape index (κ3) is 2.52. The van der Waals surface area contributed by atoms with Crippen molar-refractivity contribution in [2.75, 3.05) is 0 Å². The minimum atomic E-state index is -0.0261. The lowest BCUT2D eigenvalue weighted by Gasteiger charge is -2.10. The van der Waals surface area contributed by atoms with E-state index in [2.05, 4.69) is 22.9 Å². The lowest BCUT2D eigenvalue weighted by Crippen LogP contribution is -2.01. The number of ketones is 1. The Labute approximate surface area is 101 Å². The number of hydrogen-bond acceptors (Lipinski definition) is 3. The Morgan fingerprint density at radius 1 is 1.53 bits per heavy atom. The van der Waals surface area contributed by atoms with Crippen molar-refractivity contribution < 1.29 is 4.79 Å². The van der Waals surface area contributed by atoms with Crippen LogP contribution in [0.15, 0.2) is 18.7 Å². The highest BCUT2D eigenvalue weighted by Crippen LogP contribution is 2.27. The van der Waals surface area contributed by atoms with Crippen LogP contribution >= 0.6 is 0 Å². The summed E-state index contributed by atoms with van der Waals surface area (Å²) in [6.45, 7) is 5.72. The largest absolute Gasteiger partial charge is 0.293 e. The number of carbonyl (C=O) groups is 1. The zero-order chi connectivity index (χ0) is 12.3. The van der Waals surface area contributed by atoms with Gasteiger partial charge in [-0.25, -0.2) is 0 Å². The minimum absolute atomic E-state index is 0.0261. The lowest BCUT2D eigenvalue weighted by molar-refractivity contribution is 0.101. The molecule has 0 spiro atoms. The average molecular weight is 231 g/mol. The highest BCUT2D eigenvalue weighted by atomic mass is 16.1. The van der Waals surface area contributed by atoms with E-state index in [9.17, 15) is 4.79 Å². The normalized spacial score (nSPS) is 15.5. The molecule has 0 unspecified atom stereocenters. The minimum Gasteiger partial charge on any atom is -0.293 e. The Morgan fingerprint density at radius 2 is 2.35 bits per heavy atom. The molecule has 0 saturated heterocycles. The average Bonchev–Trinajstić information content (AvgIpc) is 2.75. The van der Waals surface area contributed by atoms with Gasteiger partial charge in [0.1, 0.15) is 5.69 Å². The van der Waals surface area contributed by atoms with Gasteiger partial charge in [-0.1, -0.05) is 12.2 Å². The third-order valence-electron chi connectivity index (χ3n) is 2.88. The number of rotatable bonds is 4. The van der Waals surface area contributed by atoms with Crippen LogP contribution in [0.2, 0.25) is 0 Å². The van der Waals surface area contributed by atoms with E-state index in [4.69, 9.17) is 0 Å². The van der Waals surface area contributed by atoms with Crippen LogP contribution in [0.4, 0.5) is 0 Å². The molecule has 0 fully saturated rings. The summed E-state index contributed by atoms with van der Waals surface area (Å²) < 4.78 is 0. The molecule has 90 valence electrons. The smallest absolute Gasteiger partial charge is 0.182 e. The molecule has 0 aliphatic heterocycles. The van der Waals surface area contributed by atoms with Gasteiger partial charge in [-0.15, -0.1) is 11.7 Å². The van der Waals surface area contributed by atoms with E-state index in [-0.39, 0.29) is 5.78 Å². The summed E-state index contributed by atoms with van der Waals surface area (Å²) in [7, 11) is 0. The molecule has 0 radical (unpaired) electrons. The van der Waals surface area contributed by atoms with Crippen molar-refractivity contribution in [3.8, 4) is 0 Å². The van der Waals surface area contributed by atoms with E-state index in [0.717, 1.165) is 30.5 Å². The maximum atomic E-state index is 11.6. The van der Waals surface area contributed by atoms with Crippen molar-refractivity contribution in [2.45, 2.75) is 39.2 Å². The SMILES string of the molecule is C=CCn1nc(C(C)=O)c(C2=CCCCC2)n1. The number of aromatic nitrogens is 3. The molecule has 4 heteroatoms. The molecule has 1 heterocycles. The molecule has 17 heavy (non-hydrogen) atoms. The number of carbonyl (C=O) groups excluding carboxylic acids is 1. The Kier molecular flexibility index (Phi) is 3.52. The van der Waals surface area contributed by atoms with Gasteiger partial charge in [-0.3, -0.25) is 4.79 Å². The Hall–Kier alpha value is -1.71. The van der Waals surface area contributed by atoms with Gasteiger partial charge in [0.05, 0.1) is 6.54 Å². The van der Waals surface area contributed by atoms with Crippen molar-refractivity contribution >= 4 is 11.4 Å². The summed E-state index contributed by atoms with van der Waals surface area (Å²) in [5.74, 6) is -0.0261. The zero-order valence-electron chi connectivity index (χ0n) is 10.1. The monoisotopic (exact) mass is 231 g/mol. The van der Waals surface area contributed by atoms with Gasteiger partial charge in [0.25, 0.3) is 0 Å². The van der Waals surface area contributed by atoms with Crippen molar-refractivity contribution in [3.63, 3.8) is 0 Å². The fourth-order valence-corrected chi connectivity index (χ4v) is 2.05. The molecule has 0 atom stereocenters. The van der Waals surface area contributed by atoms with Crippen LogP contribution < -0.4 is 0 Å². The van der Waals surface area contributed by atoms with Gasteiger partial charge in [-0.2, -0.15) is 9.90 Å². The molecule has 1 aromatic heterocycles. The second-order valence-corrected chi connectivity index (χ2v) is 4.27. The molecule has 2 rings (SSSR count). The first-order valence-corrected chi connectivity index (χ1v) is 5.98. The first kappa shape index (κ1) is 11.8. The second-order valence-electron chi connectivity index (χ2n) is 4.27. The summed E-state index contributed by atoms with van der Waals surface area (Å²) in [5, 5.41) is 8.61. The summed E-state index contributed by atoms with van der Waals surface area (Å²) >= 11 is 0. The molecule has 0 bridgehead atoms. The number of allylic oxidation sites excluding steroid dienone is 3. The van der Waals surface area contributed by atoms with Crippen LogP contribution in [-0.4, -0.2) is 20.8 Å². The quantitative estimate of drug-likeness (QED) is 0.591. The molecule has 0 saturated carbocycles. The van der Waals surface area contributed by atoms with E-state index in [0.29, 0.717) is 12.2 Å². The Balaban J connectivity index is 2.39. The zero-order valence-corrected chi connectivity index (χ0v) is 10.1. The Bertz CT molecular complexity index is 471. The van der Waals surface area contributed by atoms with Gasteiger partial charge in [0, 0.05) is 6.92 Å². The van der Waals surface area contributed by atoms with Crippen molar-refractivity contribution in [2.24, 2.45) is 0 Å². The molecule has 0 N–H and O–H groups in total. The molecule has 1 aliphatic carbocycles. The molecular weight excluding hydrogens is 214 g/mol. The first-order valence-electron chi connectivity index (χ1n) is 5.98. The summed E-state index contributed by atoms with van der Waals surface area (Å²) in [6.07, 6.45) is 8.35. The number of Topliss-reactive ketones (excluding diaryl/α,β-unsaturated/α-hetero) is 1. The molecule has 1 aliphatic rings. The van der Waals surface area contributed by atoms with Crippen LogP contribution in [0.5, 0.6) is 0 Å². The van der Waals surface area contributed by atoms with Crippen LogP contribution in [0.3, 0.4) is 0 Å². The van der Waals surface area contributed by atoms with Gasteiger partial charge in [0.2, 0.25) is 0 Å². The van der Waals surface area contributed by atoms with Gasteiger partial charge in [-0.05, 0) is 31.3 Å². The lowest BCUT2D eigenvalue weighted by atomic mass is 9.96. The fraction of sp³-hybridized carbons (Fsp3) is 0.462. The van der Waals surface area contributed by atoms with Gasteiger partial charge < -0.3 is 0 Å². The van der Waals surface area contributed by atoms with Gasteiger partial charge >= 0.3 is 0 Å². The molecule has 1 aromatic rings. The topological polar surface area (TPSA) is 47.8 Å². The van der Waals surface area contributed by atoms with Crippen LogP contribution in [-0.2, 0) is 6.54 Å². The van der Waals surface area contributed by atoms with E-state index in [1.807, 2.05) is 0 Å². The third-order valence-corrected chi connectivity index (χ3v) is 2.88. The highest BCUT2D eigenvalue weighted by Gasteiger charge is 2.19. The molecule has 0 amide bonds. The van der Waals surface area contributed by atoms with E-state index in [1.165, 1.54) is 18.1 Å². The van der Waals surface area contributed by atoms with E-state index >= 15 is 0 Å². The summed E-state index contributed by atoms with van der Waals surface area (Å²) in [4.78, 5) is 13.1. The van der Waals surface area contributed by atoms with E-state index in [1.54, 1.807) is 6.08 Å². The molecule has 4 nitrogen and oxygen atoms in total. The number of nitrogens with zero attached hydrogens (tertiary/aromatic N) is 3. The second kappa shape index (κ2) is 5.08. The van der Waals surface area contributed by atoms with Crippen molar-refractivity contribution in [1.82, 2.24) is 15.0 Å².